The molecule has 2 unspecified atom stereocenters. The van der Waals surface area contributed by atoms with Crippen molar-refractivity contribution in [3.05, 3.63) is 69.6 Å². The van der Waals surface area contributed by atoms with Gasteiger partial charge in [-0.2, -0.15) is 5.26 Å². The zero-order valence-corrected chi connectivity index (χ0v) is 12.3. The van der Waals surface area contributed by atoms with E-state index in [9.17, 15) is 4.79 Å². The molecule has 2 heterocycles. The van der Waals surface area contributed by atoms with Crippen molar-refractivity contribution in [1.29, 1.82) is 5.26 Å². The van der Waals surface area contributed by atoms with Crippen molar-refractivity contribution in [2.75, 3.05) is 6.54 Å². The second-order valence-corrected chi connectivity index (χ2v) is 5.77. The Hall–Kier alpha value is -2.42. The van der Waals surface area contributed by atoms with Gasteiger partial charge in [0.1, 0.15) is 0 Å². The molecule has 0 bridgehead atoms. The van der Waals surface area contributed by atoms with Crippen LogP contribution in [0.5, 0.6) is 0 Å². The highest BCUT2D eigenvalue weighted by molar-refractivity contribution is 5.41. The molecule has 2 aromatic rings. The molecule has 112 valence electrons. The van der Waals surface area contributed by atoms with Crippen LogP contribution in [0.15, 0.2) is 47.4 Å². The molecular formula is C17H17N3O2. The number of nitrogens with zero attached hydrogens (tertiary/aromatic N) is 2. The van der Waals surface area contributed by atoms with Crippen LogP contribution in [0, 0.1) is 11.3 Å². The van der Waals surface area contributed by atoms with Crippen molar-refractivity contribution in [2.24, 2.45) is 5.73 Å². The summed E-state index contributed by atoms with van der Waals surface area (Å²) in [6.45, 7) is 2.29. The van der Waals surface area contributed by atoms with Crippen LogP contribution in [0.2, 0.25) is 0 Å². The van der Waals surface area contributed by atoms with E-state index in [0.717, 1.165) is 11.1 Å². The lowest BCUT2D eigenvalue weighted by molar-refractivity contribution is -0.104. The van der Waals surface area contributed by atoms with Crippen LogP contribution in [0.1, 0.15) is 29.8 Å². The van der Waals surface area contributed by atoms with Crippen molar-refractivity contribution in [1.82, 2.24) is 4.57 Å². The van der Waals surface area contributed by atoms with E-state index in [4.69, 9.17) is 15.7 Å². The van der Waals surface area contributed by atoms with Crippen LogP contribution in [0.25, 0.3) is 0 Å². The van der Waals surface area contributed by atoms with Crippen LogP contribution in [-0.4, -0.2) is 16.7 Å². The number of benzene rings is 1. The minimum Gasteiger partial charge on any atom is -0.346 e. The first-order chi connectivity index (χ1) is 10.6. The Labute approximate surface area is 128 Å². The molecule has 5 nitrogen and oxygen atoms in total. The van der Waals surface area contributed by atoms with Gasteiger partial charge in [0.2, 0.25) is 0 Å². The number of rotatable bonds is 2. The van der Waals surface area contributed by atoms with Crippen LogP contribution < -0.4 is 11.3 Å². The Morgan fingerprint density at radius 3 is 2.95 bits per heavy atom. The zero-order valence-electron chi connectivity index (χ0n) is 12.3. The molecule has 1 aliphatic rings. The lowest BCUT2D eigenvalue weighted by atomic mass is 9.88. The largest absolute Gasteiger partial charge is 0.346 e. The maximum Gasteiger partial charge on any atom is 0.252 e. The maximum absolute atomic E-state index is 12.2. The molecule has 5 heteroatoms. The molecule has 1 aliphatic heterocycles. The monoisotopic (exact) mass is 295 g/mol. The van der Waals surface area contributed by atoms with Gasteiger partial charge in [0.25, 0.3) is 5.56 Å². The molecule has 2 atom stereocenters. The topological polar surface area (TPSA) is 81.0 Å². The van der Waals surface area contributed by atoms with E-state index >= 15 is 0 Å². The average Bonchev–Trinajstić information content (AvgIpc) is 2.54. The van der Waals surface area contributed by atoms with E-state index in [-0.39, 0.29) is 5.56 Å². The number of pyridine rings is 1. The number of hydrogen-bond donors (Lipinski definition) is 1. The van der Waals surface area contributed by atoms with Gasteiger partial charge >= 0.3 is 0 Å². The molecule has 22 heavy (non-hydrogen) atoms. The van der Waals surface area contributed by atoms with Crippen molar-refractivity contribution < 1.29 is 4.74 Å². The molecule has 1 aromatic heterocycles. The van der Waals surface area contributed by atoms with Crippen LogP contribution in [-0.2, 0) is 11.2 Å². The Kier molecular flexibility index (Phi) is 3.57. The number of hydrogen-bond acceptors (Lipinski definition) is 4. The fourth-order valence-electron chi connectivity index (χ4n) is 2.79. The summed E-state index contributed by atoms with van der Waals surface area (Å²) in [6.07, 6.45) is 1.78. The fourth-order valence-corrected chi connectivity index (χ4v) is 2.79. The highest BCUT2D eigenvalue weighted by Gasteiger charge is 2.36. The first-order valence-electron chi connectivity index (χ1n) is 7.14. The molecule has 1 aromatic carbocycles. The molecule has 0 fully saturated rings. The Bertz CT molecular complexity index is 806. The van der Waals surface area contributed by atoms with Crippen molar-refractivity contribution in [2.45, 2.75) is 25.2 Å². The molecule has 0 aliphatic carbocycles. The summed E-state index contributed by atoms with van der Waals surface area (Å²) in [6, 6.07) is 12.6. The van der Waals surface area contributed by atoms with E-state index < -0.39 is 11.8 Å². The van der Waals surface area contributed by atoms with Gasteiger partial charge in [0, 0.05) is 30.8 Å². The van der Waals surface area contributed by atoms with Gasteiger partial charge in [-0.3, -0.25) is 9.36 Å². The Balaban J connectivity index is 2.19. The molecule has 0 spiro atoms. The van der Waals surface area contributed by atoms with E-state index in [1.165, 1.54) is 10.6 Å². The number of aromatic nitrogens is 1. The summed E-state index contributed by atoms with van der Waals surface area (Å²) in [4.78, 5) is 12.2. The van der Waals surface area contributed by atoms with Crippen molar-refractivity contribution >= 4 is 0 Å². The fraction of sp³-hybridized carbons (Fsp3) is 0.294. The van der Waals surface area contributed by atoms with Gasteiger partial charge < -0.3 is 10.5 Å². The Morgan fingerprint density at radius 1 is 1.45 bits per heavy atom. The SMILES string of the molecule is CC1(CN)Cc2ccc(C#N)cc2C(n2ccccc2=O)O1. The third-order valence-corrected chi connectivity index (χ3v) is 4.04. The first kappa shape index (κ1) is 14.5. The predicted molar refractivity (Wildman–Crippen MR) is 82.2 cm³/mol. The normalized spacial score (nSPS) is 23.6. The van der Waals surface area contributed by atoms with Crippen molar-refractivity contribution in [3.63, 3.8) is 0 Å². The van der Waals surface area contributed by atoms with E-state index in [1.807, 2.05) is 13.0 Å². The molecule has 3 rings (SSSR count). The predicted octanol–water partition coefficient (Wildman–Crippen LogP) is 1.56. The summed E-state index contributed by atoms with van der Waals surface area (Å²) >= 11 is 0. The van der Waals surface area contributed by atoms with Crippen LogP contribution in [0.3, 0.4) is 0 Å². The second kappa shape index (κ2) is 5.41. The number of fused-ring (bicyclic) bond motifs is 1. The summed E-state index contributed by atoms with van der Waals surface area (Å²) in [7, 11) is 0. The van der Waals surface area contributed by atoms with Crippen molar-refractivity contribution in [3.8, 4) is 6.07 Å². The number of nitrogens with two attached hydrogens (primary N) is 1. The third kappa shape index (κ3) is 2.43. The molecule has 0 amide bonds. The van der Waals surface area contributed by atoms with Gasteiger partial charge in [0.05, 0.1) is 17.2 Å². The molecule has 0 saturated carbocycles. The average molecular weight is 295 g/mol. The summed E-state index contributed by atoms with van der Waals surface area (Å²) in [5.41, 5.74) is 7.62. The van der Waals surface area contributed by atoms with Gasteiger partial charge in [-0.1, -0.05) is 12.1 Å². The molecular weight excluding hydrogens is 278 g/mol. The lowest BCUT2D eigenvalue weighted by Crippen LogP contribution is -2.46. The minimum absolute atomic E-state index is 0.151. The van der Waals surface area contributed by atoms with E-state index in [1.54, 1.807) is 30.5 Å². The van der Waals surface area contributed by atoms with E-state index in [2.05, 4.69) is 6.07 Å². The molecule has 0 radical (unpaired) electrons. The smallest absolute Gasteiger partial charge is 0.252 e. The summed E-state index contributed by atoms with van der Waals surface area (Å²) in [5.74, 6) is 0. The summed E-state index contributed by atoms with van der Waals surface area (Å²) < 4.78 is 7.68. The van der Waals surface area contributed by atoms with Gasteiger partial charge in [-0.15, -0.1) is 0 Å². The molecule has 0 saturated heterocycles. The van der Waals surface area contributed by atoms with E-state index in [0.29, 0.717) is 18.5 Å². The standard InChI is InChI=1S/C17H17N3O2/c1-17(11-19)9-13-6-5-12(10-18)8-14(13)16(22-17)20-7-3-2-4-15(20)21/h2-8,16H,9,11,19H2,1H3. The minimum atomic E-state index is -0.570. The van der Waals surface area contributed by atoms with Crippen LogP contribution >= 0.6 is 0 Å². The second-order valence-electron chi connectivity index (χ2n) is 5.77. The first-order valence-corrected chi connectivity index (χ1v) is 7.14. The number of ether oxygens (including phenoxy) is 1. The highest BCUT2D eigenvalue weighted by atomic mass is 16.5. The van der Waals surface area contributed by atoms with Gasteiger partial charge in [0.15, 0.2) is 6.23 Å². The Morgan fingerprint density at radius 2 is 2.27 bits per heavy atom. The summed E-state index contributed by atoms with van der Waals surface area (Å²) in [5, 5.41) is 9.12. The van der Waals surface area contributed by atoms with Crippen LogP contribution in [0.4, 0.5) is 0 Å². The highest BCUT2D eigenvalue weighted by Crippen LogP contribution is 2.36. The van der Waals surface area contributed by atoms with Gasteiger partial charge in [-0.25, -0.2) is 0 Å². The lowest BCUT2D eigenvalue weighted by Gasteiger charge is -2.40. The quantitative estimate of drug-likeness (QED) is 0.911. The zero-order chi connectivity index (χ0) is 15.7. The maximum atomic E-state index is 12.2. The molecule has 2 N–H and O–H groups in total. The van der Waals surface area contributed by atoms with Gasteiger partial charge in [-0.05, 0) is 30.7 Å². The third-order valence-electron chi connectivity index (χ3n) is 4.04. The number of nitriles is 1.